The highest BCUT2D eigenvalue weighted by Crippen LogP contribution is 2.34. The van der Waals surface area contributed by atoms with Crippen LogP contribution in [0.15, 0.2) is 53.7 Å². The van der Waals surface area contributed by atoms with Gasteiger partial charge in [0.15, 0.2) is 11.0 Å². The van der Waals surface area contributed by atoms with Gasteiger partial charge >= 0.3 is 0 Å². The maximum Gasteiger partial charge on any atom is 0.235 e. The number of nitrogens with zero attached hydrogens (tertiary/aromatic N) is 4. The lowest BCUT2D eigenvalue weighted by Crippen LogP contribution is -2.34. The van der Waals surface area contributed by atoms with Gasteiger partial charge in [-0.05, 0) is 63.1 Å². The van der Waals surface area contributed by atoms with E-state index in [1.54, 1.807) is 0 Å². The van der Waals surface area contributed by atoms with E-state index < -0.39 is 0 Å². The van der Waals surface area contributed by atoms with Crippen molar-refractivity contribution in [1.29, 1.82) is 0 Å². The zero-order chi connectivity index (χ0) is 21.8. The normalized spacial score (nSPS) is 14.6. The lowest BCUT2D eigenvalue weighted by atomic mass is 10.2. The van der Waals surface area contributed by atoms with E-state index in [2.05, 4.69) is 10.2 Å². The van der Waals surface area contributed by atoms with Crippen molar-refractivity contribution < 1.29 is 9.53 Å². The van der Waals surface area contributed by atoms with Crippen LogP contribution in [0.25, 0.3) is 17.1 Å². The van der Waals surface area contributed by atoms with E-state index >= 15 is 0 Å². The summed E-state index contributed by atoms with van der Waals surface area (Å²) in [5.41, 5.74) is 1.67. The molecule has 1 atom stereocenters. The number of carbonyl (C=O) groups excluding carboxylic acids is 1. The molecule has 0 radical (unpaired) electrons. The van der Waals surface area contributed by atoms with E-state index in [9.17, 15) is 4.79 Å². The largest absolute Gasteiger partial charge is 0.494 e. The average Bonchev–Trinajstić information content (AvgIpc) is 3.45. The molecule has 1 aliphatic rings. The van der Waals surface area contributed by atoms with Gasteiger partial charge in [0.25, 0.3) is 0 Å². The Balaban J connectivity index is 1.71. The van der Waals surface area contributed by atoms with Crippen molar-refractivity contribution in [3.05, 3.63) is 53.6 Å². The van der Waals surface area contributed by atoms with Crippen molar-refractivity contribution >= 4 is 29.3 Å². The minimum absolute atomic E-state index is 0.142. The molecule has 1 unspecified atom stereocenters. The Labute approximate surface area is 191 Å². The van der Waals surface area contributed by atoms with Gasteiger partial charge in [0.05, 0.1) is 16.9 Å². The number of thioether (sulfide) groups is 1. The van der Waals surface area contributed by atoms with Crippen LogP contribution in [0.3, 0.4) is 0 Å². The second-order valence-corrected chi connectivity index (χ2v) is 9.06. The summed E-state index contributed by atoms with van der Waals surface area (Å²) < 4.78 is 7.53. The predicted octanol–water partition coefficient (Wildman–Crippen LogP) is 5.09. The van der Waals surface area contributed by atoms with Crippen LogP contribution in [0.5, 0.6) is 5.75 Å². The second-order valence-electron chi connectivity index (χ2n) is 7.34. The summed E-state index contributed by atoms with van der Waals surface area (Å²) in [4.78, 5) is 14.8. The number of hydrogen-bond donors (Lipinski definition) is 0. The molecule has 31 heavy (non-hydrogen) atoms. The fraction of sp³-hybridized carbons (Fsp3) is 0.348. The maximum atomic E-state index is 12.9. The Morgan fingerprint density at radius 3 is 2.52 bits per heavy atom. The zero-order valence-corrected chi connectivity index (χ0v) is 19.2. The summed E-state index contributed by atoms with van der Waals surface area (Å²) in [5.74, 6) is 1.58. The molecule has 0 saturated carbocycles. The van der Waals surface area contributed by atoms with Crippen LogP contribution < -0.4 is 4.74 Å². The number of carbonyl (C=O) groups is 1. The number of halogens is 1. The molecule has 0 aliphatic carbocycles. The first-order valence-electron chi connectivity index (χ1n) is 10.5. The smallest absolute Gasteiger partial charge is 0.235 e. The van der Waals surface area contributed by atoms with Gasteiger partial charge in [0.1, 0.15) is 5.75 Å². The lowest BCUT2D eigenvalue weighted by molar-refractivity contribution is -0.129. The monoisotopic (exact) mass is 456 g/mol. The number of benzene rings is 2. The number of rotatable bonds is 7. The number of aromatic nitrogens is 3. The molecule has 1 fully saturated rings. The lowest BCUT2D eigenvalue weighted by Gasteiger charge is -2.20. The minimum atomic E-state index is -0.261. The summed E-state index contributed by atoms with van der Waals surface area (Å²) in [5, 5.41) is 9.86. The first-order chi connectivity index (χ1) is 15.1. The van der Waals surface area contributed by atoms with Crippen LogP contribution in [-0.4, -0.2) is 50.5 Å². The molecule has 1 aliphatic heterocycles. The quantitative estimate of drug-likeness (QED) is 0.463. The summed E-state index contributed by atoms with van der Waals surface area (Å²) in [6, 6.07) is 15.3. The highest BCUT2D eigenvalue weighted by atomic mass is 35.5. The average molecular weight is 457 g/mol. The van der Waals surface area contributed by atoms with Crippen LogP contribution >= 0.6 is 23.4 Å². The molecule has 4 rings (SSSR count). The van der Waals surface area contributed by atoms with E-state index in [-0.39, 0.29) is 11.2 Å². The topological polar surface area (TPSA) is 60.2 Å². The van der Waals surface area contributed by atoms with Gasteiger partial charge in [-0.1, -0.05) is 35.5 Å². The summed E-state index contributed by atoms with van der Waals surface area (Å²) in [7, 11) is 0. The van der Waals surface area contributed by atoms with Gasteiger partial charge in [-0.3, -0.25) is 9.36 Å². The van der Waals surface area contributed by atoms with Crippen molar-refractivity contribution in [3.8, 4) is 22.8 Å². The van der Waals surface area contributed by atoms with Crippen LogP contribution in [-0.2, 0) is 4.79 Å². The molecule has 6 nitrogen and oxygen atoms in total. The summed E-state index contributed by atoms with van der Waals surface area (Å²) in [6.07, 6.45) is 2.14. The third-order valence-corrected chi connectivity index (χ3v) is 6.56. The molecule has 0 bridgehead atoms. The van der Waals surface area contributed by atoms with Crippen molar-refractivity contribution in [1.82, 2.24) is 19.7 Å². The fourth-order valence-electron chi connectivity index (χ4n) is 3.66. The highest BCUT2D eigenvalue weighted by Gasteiger charge is 2.27. The first-order valence-corrected chi connectivity index (χ1v) is 11.7. The van der Waals surface area contributed by atoms with E-state index in [0.717, 1.165) is 42.9 Å². The van der Waals surface area contributed by atoms with Gasteiger partial charge in [-0.2, -0.15) is 0 Å². The minimum Gasteiger partial charge on any atom is -0.494 e. The summed E-state index contributed by atoms with van der Waals surface area (Å²) >= 11 is 7.89. The molecule has 8 heteroatoms. The molecule has 1 amide bonds. The SMILES string of the molecule is CCOc1ccc(-n2c(SC(C)C(=O)N3CCCC3)nnc2-c2ccccc2Cl)cc1. The third-order valence-electron chi connectivity index (χ3n) is 5.20. The standard InChI is InChI=1S/C23H25ClN4O2S/c1-3-30-18-12-10-17(11-13-18)28-21(19-8-4-5-9-20(19)24)25-26-23(28)31-16(2)22(29)27-14-6-7-15-27/h4-5,8-13,16H,3,6-7,14-15H2,1-2H3. The molecule has 2 heterocycles. The molecule has 0 spiro atoms. The Morgan fingerprint density at radius 2 is 1.84 bits per heavy atom. The van der Waals surface area contributed by atoms with Crippen molar-refractivity contribution in [3.63, 3.8) is 0 Å². The van der Waals surface area contributed by atoms with E-state index in [1.807, 2.05) is 71.8 Å². The predicted molar refractivity (Wildman–Crippen MR) is 124 cm³/mol. The number of ether oxygens (including phenoxy) is 1. The van der Waals surface area contributed by atoms with Gasteiger partial charge in [0, 0.05) is 24.3 Å². The molecule has 1 aromatic heterocycles. The van der Waals surface area contributed by atoms with Gasteiger partial charge in [-0.25, -0.2) is 0 Å². The van der Waals surface area contributed by atoms with E-state index in [0.29, 0.717) is 22.6 Å². The second kappa shape index (κ2) is 9.75. The molecule has 162 valence electrons. The highest BCUT2D eigenvalue weighted by molar-refractivity contribution is 8.00. The Kier molecular flexibility index (Phi) is 6.83. The summed E-state index contributed by atoms with van der Waals surface area (Å²) in [6.45, 7) is 6.16. The molecule has 0 N–H and O–H groups in total. The fourth-order valence-corrected chi connectivity index (χ4v) is 4.83. The first kappa shape index (κ1) is 21.7. The van der Waals surface area contributed by atoms with Crippen molar-refractivity contribution in [2.75, 3.05) is 19.7 Å². The molecule has 1 saturated heterocycles. The molecular formula is C23H25ClN4O2S. The number of hydrogen-bond acceptors (Lipinski definition) is 5. The Bertz CT molecular complexity index is 1050. The van der Waals surface area contributed by atoms with Crippen molar-refractivity contribution in [2.24, 2.45) is 0 Å². The van der Waals surface area contributed by atoms with E-state index in [4.69, 9.17) is 16.3 Å². The number of amides is 1. The Morgan fingerprint density at radius 1 is 1.13 bits per heavy atom. The third kappa shape index (κ3) is 4.72. The van der Waals surface area contributed by atoms with Crippen LogP contribution in [0.2, 0.25) is 5.02 Å². The van der Waals surface area contributed by atoms with Gasteiger partial charge in [0.2, 0.25) is 5.91 Å². The van der Waals surface area contributed by atoms with Crippen molar-refractivity contribution in [2.45, 2.75) is 37.1 Å². The number of likely N-dealkylation sites (tertiary alicyclic amines) is 1. The molecular weight excluding hydrogens is 432 g/mol. The maximum absolute atomic E-state index is 12.9. The Hall–Kier alpha value is -2.51. The van der Waals surface area contributed by atoms with E-state index in [1.165, 1.54) is 11.8 Å². The molecule has 3 aromatic rings. The van der Waals surface area contributed by atoms with Gasteiger partial charge < -0.3 is 9.64 Å². The van der Waals surface area contributed by atoms with Gasteiger partial charge in [-0.15, -0.1) is 10.2 Å². The van der Waals surface area contributed by atoms with Crippen LogP contribution in [0.1, 0.15) is 26.7 Å². The zero-order valence-electron chi connectivity index (χ0n) is 17.6. The van der Waals surface area contributed by atoms with Crippen LogP contribution in [0.4, 0.5) is 0 Å². The van der Waals surface area contributed by atoms with Crippen LogP contribution in [0, 0.1) is 0 Å². The molecule has 2 aromatic carbocycles.